The molecule has 0 heterocycles. The lowest BCUT2D eigenvalue weighted by molar-refractivity contribution is -0.138. The highest BCUT2D eigenvalue weighted by atomic mass is 19.4. The van der Waals surface area contributed by atoms with Crippen LogP contribution in [-0.2, 0) is 18.8 Å². The number of Topliss-reactive ketones (excluding diaryl/α,β-unsaturated/α-hetero) is 4. The van der Waals surface area contributed by atoms with Gasteiger partial charge in [0.05, 0.1) is 24.0 Å². The van der Waals surface area contributed by atoms with E-state index >= 15 is 0 Å². The van der Waals surface area contributed by atoms with E-state index in [1.165, 1.54) is 36.4 Å². The Morgan fingerprint density at radius 1 is 0.533 bits per heavy atom. The third-order valence-electron chi connectivity index (χ3n) is 6.54. The maximum absolute atomic E-state index is 12.7. The fourth-order valence-electron chi connectivity index (χ4n) is 4.01. The standard InChI is InChI=1S/C18H15F3O2.C16H11F3O3/c1-2-12-6-8-13(9-7-12)16(22)11-17(23)14-4-3-5-15(10-14)18(19,20)21;17-16(18,19)12-3-1-2-11(8-12)15(22)9-14(21)10-4-6-13(20)7-5-10/h3-10H,2,11H2,1H3;1-8,20H,9H2. The molecule has 1 N–H and O–H groups in total. The van der Waals surface area contributed by atoms with Crippen molar-refractivity contribution in [3.8, 4) is 5.75 Å². The summed E-state index contributed by atoms with van der Waals surface area (Å²) in [4.78, 5) is 47.9. The van der Waals surface area contributed by atoms with Crippen LogP contribution in [-0.4, -0.2) is 28.2 Å². The Kier molecular flexibility index (Phi) is 11.2. The molecule has 0 aliphatic rings. The van der Waals surface area contributed by atoms with Crippen LogP contribution in [0.5, 0.6) is 5.75 Å². The van der Waals surface area contributed by atoms with Crippen LogP contribution in [0.2, 0.25) is 0 Å². The molecule has 4 aromatic carbocycles. The van der Waals surface area contributed by atoms with Gasteiger partial charge in [0, 0.05) is 22.3 Å². The van der Waals surface area contributed by atoms with Crippen LogP contribution in [0.15, 0.2) is 97.1 Å². The van der Waals surface area contributed by atoms with Gasteiger partial charge in [-0.2, -0.15) is 26.3 Å². The molecule has 4 rings (SSSR count). The van der Waals surface area contributed by atoms with Gasteiger partial charge in [0.2, 0.25) is 0 Å². The topological polar surface area (TPSA) is 88.5 Å². The lowest BCUT2D eigenvalue weighted by Crippen LogP contribution is -2.11. The van der Waals surface area contributed by atoms with Gasteiger partial charge in [-0.05, 0) is 60.5 Å². The molecule has 5 nitrogen and oxygen atoms in total. The first-order valence-corrected chi connectivity index (χ1v) is 13.4. The summed E-state index contributed by atoms with van der Waals surface area (Å²) in [6.45, 7) is 1.98. The fraction of sp³-hybridized carbons (Fsp3) is 0.176. The van der Waals surface area contributed by atoms with Crippen LogP contribution in [0.3, 0.4) is 0 Å². The molecule has 234 valence electrons. The van der Waals surface area contributed by atoms with Crippen molar-refractivity contribution in [2.24, 2.45) is 0 Å². The number of carbonyl (C=O) groups excluding carboxylic acids is 4. The number of phenolic OH excluding ortho intramolecular Hbond substituents is 1. The van der Waals surface area contributed by atoms with Gasteiger partial charge in [-0.3, -0.25) is 19.2 Å². The van der Waals surface area contributed by atoms with Crippen LogP contribution >= 0.6 is 0 Å². The van der Waals surface area contributed by atoms with Crippen molar-refractivity contribution in [1.29, 1.82) is 0 Å². The Hall–Kier alpha value is -5.06. The average molecular weight is 629 g/mol. The van der Waals surface area contributed by atoms with E-state index in [-0.39, 0.29) is 22.4 Å². The SMILES string of the molecule is CCc1ccc(C(=O)CC(=O)c2cccc(C(F)(F)F)c2)cc1.O=C(CC(=O)c1cccc(C(F)(F)F)c1)c1ccc(O)cc1. The number of halogens is 6. The van der Waals surface area contributed by atoms with E-state index in [9.17, 15) is 45.5 Å². The Morgan fingerprint density at radius 2 is 0.889 bits per heavy atom. The molecule has 0 saturated carbocycles. The summed E-state index contributed by atoms with van der Waals surface area (Å²) in [5.41, 5.74) is -0.467. The van der Waals surface area contributed by atoms with Crippen molar-refractivity contribution in [2.75, 3.05) is 0 Å². The molecule has 0 saturated heterocycles. The van der Waals surface area contributed by atoms with E-state index in [0.717, 1.165) is 48.4 Å². The molecular formula is C34H26F6O5. The minimum atomic E-state index is -4.54. The number of ketones is 4. The first kappa shape index (κ1) is 34.4. The molecule has 4 aromatic rings. The van der Waals surface area contributed by atoms with Crippen molar-refractivity contribution in [3.63, 3.8) is 0 Å². The summed E-state index contributed by atoms with van der Waals surface area (Å²) in [7, 11) is 0. The normalized spacial score (nSPS) is 11.3. The second-order valence-electron chi connectivity index (χ2n) is 9.80. The second kappa shape index (κ2) is 14.6. The molecule has 0 bridgehead atoms. The van der Waals surface area contributed by atoms with Crippen LogP contribution in [0, 0.1) is 0 Å². The number of benzene rings is 4. The quantitative estimate of drug-likeness (QED) is 0.114. The van der Waals surface area contributed by atoms with Gasteiger partial charge in [-0.25, -0.2) is 0 Å². The van der Waals surface area contributed by atoms with Crippen LogP contribution in [0.1, 0.15) is 77.9 Å². The minimum absolute atomic E-state index is 0.0271. The zero-order chi connectivity index (χ0) is 33.4. The number of hydrogen-bond acceptors (Lipinski definition) is 5. The van der Waals surface area contributed by atoms with Gasteiger partial charge >= 0.3 is 12.4 Å². The number of rotatable bonds is 9. The molecule has 11 heteroatoms. The highest BCUT2D eigenvalue weighted by molar-refractivity contribution is 6.14. The summed E-state index contributed by atoms with van der Waals surface area (Å²) < 4.78 is 75.7. The van der Waals surface area contributed by atoms with Crippen molar-refractivity contribution >= 4 is 23.1 Å². The highest BCUT2D eigenvalue weighted by Crippen LogP contribution is 2.31. The molecular weight excluding hydrogens is 602 g/mol. The second-order valence-corrected chi connectivity index (χ2v) is 9.80. The maximum atomic E-state index is 12.7. The number of aryl methyl sites for hydroxylation is 1. The maximum Gasteiger partial charge on any atom is 0.416 e. The predicted octanol–water partition coefficient (Wildman–Crippen LogP) is 8.59. The average Bonchev–Trinajstić information content (AvgIpc) is 3.01. The van der Waals surface area contributed by atoms with Gasteiger partial charge in [0.25, 0.3) is 0 Å². The number of phenols is 1. The first-order chi connectivity index (χ1) is 21.1. The Labute approximate surface area is 254 Å². The number of carbonyl (C=O) groups is 4. The summed E-state index contributed by atoms with van der Waals surface area (Å²) in [6.07, 6.45) is -9.22. The van der Waals surface area contributed by atoms with Crippen LogP contribution in [0.4, 0.5) is 26.3 Å². The predicted molar refractivity (Wildman–Crippen MR) is 153 cm³/mol. The Morgan fingerprint density at radius 3 is 1.24 bits per heavy atom. The van der Waals surface area contributed by atoms with Gasteiger partial charge in [-0.15, -0.1) is 0 Å². The van der Waals surface area contributed by atoms with E-state index in [0.29, 0.717) is 5.56 Å². The number of aromatic hydroxyl groups is 1. The smallest absolute Gasteiger partial charge is 0.416 e. The third-order valence-corrected chi connectivity index (χ3v) is 6.54. The molecule has 0 fully saturated rings. The zero-order valence-corrected chi connectivity index (χ0v) is 23.7. The van der Waals surface area contributed by atoms with Crippen molar-refractivity contribution in [2.45, 2.75) is 38.5 Å². The van der Waals surface area contributed by atoms with Crippen molar-refractivity contribution in [1.82, 2.24) is 0 Å². The van der Waals surface area contributed by atoms with E-state index < -0.39 is 59.5 Å². The molecule has 0 radical (unpaired) electrons. The molecule has 0 unspecified atom stereocenters. The van der Waals surface area contributed by atoms with Gasteiger partial charge < -0.3 is 5.11 Å². The molecule has 45 heavy (non-hydrogen) atoms. The molecule has 0 aliphatic carbocycles. The van der Waals surface area contributed by atoms with Gasteiger partial charge in [0.1, 0.15) is 5.75 Å². The van der Waals surface area contributed by atoms with Crippen LogP contribution < -0.4 is 0 Å². The lowest BCUT2D eigenvalue weighted by atomic mass is 9.99. The number of hydrogen-bond donors (Lipinski definition) is 1. The van der Waals surface area contributed by atoms with Crippen LogP contribution in [0.25, 0.3) is 0 Å². The third kappa shape index (κ3) is 9.99. The fourth-order valence-corrected chi connectivity index (χ4v) is 4.01. The monoisotopic (exact) mass is 628 g/mol. The summed E-state index contributed by atoms with van der Waals surface area (Å²) in [6, 6.07) is 20.2. The lowest BCUT2D eigenvalue weighted by Gasteiger charge is -2.08. The van der Waals surface area contributed by atoms with Crippen molar-refractivity contribution in [3.05, 3.63) is 136 Å². The minimum Gasteiger partial charge on any atom is -0.508 e. The summed E-state index contributed by atoms with van der Waals surface area (Å²) in [5.74, 6) is -2.27. The largest absolute Gasteiger partial charge is 0.508 e. The molecule has 0 atom stereocenters. The van der Waals surface area contributed by atoms with E-state index in [1.54, 1.807) is 24.3 Å². The van der Waals surface area contributed by atoms with Gasteiger partial charge in [-0.1, -0.05) is 55.5 Å². The molecule has 0 amide bonds. The molecule has 0 spiro atoms. The number of alkyl halides is 6. The van der Waals surface area contributed by atoms with Crippen molar-refractivity contribution < 1.29 is 50.6 Å². The first-order valence-electron chi connectivity index (χ1n) is 13.4. The van der Waals surface area contributed by atoms with E-state index in [2.05, 4.69) is 0 Å². The molecule has 0 aliphatic heterocycles. The van der Waals surface area contributed by atoms with Gasteiger partial charge in [0.15, 0.2) is 23.1 Å². The zero-order valence-electron chi connectivity index (χ0n) is 23.7. The summed E-state index contributed by atoms with van der Waals surface area (Å²) in [5, 5.41) is 9.12. The van der Waals surface area contributed by atoms with E-state index in [4.69, 9.17) is 5.11 Å². The molecule has 0 aromatic heterocycles. The summed E-state index contributed by atoms with van der Waals surface area (Å²) >= 11 is 0. The van der Waals surface area contributed by atoms with E-state index in [1.807, 2.05) is 6.92 Å². The highest BCUT2D eigenvalue weighted by Gasteiger charge is 2.32. The Bertz CT molecular complexity index is 1670. The Balaban J connectivity index is 0.000000246.